The largest absolute Gasteiger partial charge is 0.344 e. The van der Waals surface area contributed by atoms with Crippen LogP contribution in [0.15, 0.2) is 61.6 Å². The number of ketones is 1. The first kappa shape index (κ1) is 46.0. The minimum Gasteiger partial charge on any atom is -0.344 e. The quantitative estimate of drug-likeness (QED) is 0.144. The first-order valence-corrected chi connectivity index (χ1v) is 22.2. The Balaban J connectivity index is 1.31. The lowest BCUT2D eigenvalue weighted by Gasteiger charge is -2.40. The van der Waals surface area contributed by atoms with Crippen molar-refractivity contribution in [2.24, 2.45) is 11.3 Å². The fourth-order valence-corrected chi connectivity index (χ4v) is 9.81. The van der Waals surface area contributed by atoms with Crippen LogP contribution in [-0.4, -0.2) is 121 Å². The minimum atomic E-state index is -1.19. The van der Waals surface area contributed by atoms with Crippen molar-refractivity contribution in [2.75, 3.05) is 19.6 Å². The SMILES string of the molecule is C=CCN1C(=O)[C@@H]2CCCN2C12C[C@@H](C(=O)NC(CCC)C(=O)C(=O)N[C@@H](C)c1ccccc1)N(C(=O)[C@@H](NC(=O)[C@@H](NC(=O)c1cnccn1)C1CCCCC1)C(C)(C)C)C2. The molecule has 0 bridgehead atoms. The van der Waals surface area contributed by atoms with Crippen LogP contribution in [0.4, 0.5) is 0 Å². The second kappa shape index (κ2) is 19.7. The molecule has 0 radical (unpaired) electrons. The van der Waals surface area contributed by atoms with E-state index in [1.54, 1.807) is 17.9 Å². The van der Waals surface area contributed by atoms with Gasteiger partial charge < -0.3 is 31.1 Å². The molecule has 2 unspecified atom stereocenters. The summed E-state index contributed by atoms with van der Waals surface area (Å²) in [6, 6.07) is 3.78. The van der Waals surface area contributed by atoms with E-state index < -0.39 is 82.6 Å². The van der Waals surface area contributed by atoms with E-state index in [1.807, 2.05) is 58.0 Å². The molecule has 16 heteroatoms. The summed E-state index contributed by atoms with van der Waals surface area (Å²) < 4.78 is 0. The van der Waals surface area contributed by atoms with Crippen molar-refractivity contribution in [3.05, 3.63) is 72.8 Å². The highest BCUT2D eigenvalue weighted by Gasteiger charge is 2.64. The van der Waals surface area contributed by atoms with Crippen LogP contribution < -0.4 is 21.3 Å². The number of likely N-dealkylation sites (tertiary alicyclic amines) is 1. The van der Waals surface area contributed by atoms with Crippen LogP contribution in [0.25, 0.3) is 0 Å². The zero-order valence-electron chi connectivity index (χ0n) is 36.7. The van der Waals surface area contributed by atoms with Crippen molar-refractivity contribution < 1.29 is 33.6 Å². The molecule has 4 fully saturated rings. The van der Waals surface area contributed by atoms with Gasteiger partial charge in [0.15, 0.2) is 0 Å². The van der Waals surface area contributed by atoms with Gasteiger partial charge in [0.1, 0.15) is 29.5 Å². The topological polar surface area (TPSA) is 203 Å². The van der Waals surface area contributed by atoms with Crippen LogP contribution in [-0.2, 0) is 28.8 Å². The molecule has 4 N–H and O–H groups in total. The number of hydrogen-bond donors (Lipinski definition) is 4. The number of nitrogens with one attached hydrogen (secondary N) is 4. The molecule has 1 spiro atoms. The van der Waals surface area contributed by atoms with Crippen LogP contribution in [0.3, 0.4) is 0 Å². The lowest BCUT2D eigenvalue weighted by Crippen LogP contribution is -2.62. The zero-order valence-corrected chi connectivity index (χ0v) is 36.7. The molecule has 2 aromatic rings. The van der Waals surface area contributed by atoms with Gasteiger partial charge in [-0.15, -0.1) is 6.58 Å². The Morgan fingerprint density at radius 1 is 0.952 bits per heavy atom. The van der Waals surface area contributed by atoms with Crippen molar-refractivity contribution in [1.82, 2.24) is 45.9 Å². The van der Waals surface area contributed by atoms with Crippen LogP contribution >= 0.6 is 0 Å². The second-order valence-corrected chi connectivity index (χ2v) is 18.3. The number of hydrogen-bond acceptors (Lipinski definition) is 10. The first-order valence-electron chi connectivity index (χ1n) is 22.2. The third-order valence-corrected chi connectivity index (χ3v) is 13.0. The third kappa shape index (κ3) is 9.74. The highest BCUT2D eigenvalue weighted by atomic mass is 16.2. The molecule has 1 saturated carbocycles. The van der Waals surface area contributed by atoms with E-state index >= 15 is 4.79 Å². The van der Waals surface area contributed by atoms with Gasteiger partial charge >= 0.3 is 0 Å². The predicted molar refractivity (Wildman–Crippen MR) is 231 cm³/mol. The molecular formula is C46H63N9O7. The summed E-state index contributed by atoms with van der Waals surface area (Å²) in [7, 11) is 0. The van der Waals surface area contributed by atoms with E-state index in [0.717, 1.165) is 31.2 Å². The maximum absolute atomic E-state index is 15.3. The van der Waals surface area contributed by atoms with Crippen LogP contribution in [0.5, 0.6) is 0 Å². The lowest BCUT2D eigenvalue weighted by atomic mass is 9.82. The van der Waals surface area contributed by atoms with Gasteiger partial charge in [-0.2, -0.15) is 0 Å². The van der Waals surface area contributed by atoms with Crippen molar-refractivity contribution >= 4 is 41.2 Å². The fourth-order valence-electron chi connectivity index (χ4n) is 9.81. The molecule has 3 saturated heterocycles. The smallest absolute Gasteiger partial charge is 0.290 e. The van der Waals surface area contributed by atoms with Gasteiger partial charge in [-0.3, -0.25) is 43.4 Å². The Kier molecular flexibility index (Phi) is 14.6. The molecule has 3 aliphatic heterocycles. The number of Topliss-reactive ketones (excluding diaryl/α,β-unsaturated/α-hetero) is 1. The van der Waals surface area contributed by atoms with Crippen LogP contribution in [0.2, 0.25) is 0 Å². The number of carbonyl (C=O) groups excluding carboxylic acids is 7. The fraction of sp³-hybridized carbons (Fsp3) is 0.587. The number of carbonyl (C=O) groups is 7. The number of aromatic nitrogens is 2. The summed E-state index contributed by atoms with van der Waals surface area (Å²) >= 11 is 0. The van der Waals surface area contributed by atoms with E-state index in [1.165, 1.54) is 23.5 Å². The number of nitrogens with zero attached hydrogens (tertiary/aromatic N) is 5. The summed E-state index contributed by atoms with van der Waals surface area (Å²) in [6.07, 6.45) is 12.1. The van der Waals surface area contributed by atoms with Crippen molar-refractivity contribution in [2.45, 2.75) is 141 Å². The number of benzene rings is 1. The standard InChI is InChI=1S/C46H63N9O7/c1-7-16-32(37(56)42(60)49-29(3)30-17-11-9-12-18-30)50-40(58)35-26-46(54-25-15-21-34(54)43(61)55(46)24-8-2)28-53(35)44(62)38(45(4,5)6)52-41(59)36(31-19-13-10-14-20-31)51-39(57)33-27-47-22-23-48-33/h8-9,11-12,17-18,22-23,27,29,31-32,34-36,38H,2,7,10,13-16,19-21,24-26,28H2,1,3-6H3,(H,49,60)(H,50,58)(H,51,57)(H,52,59)/t29-,32?,34-,35-,36-,38+,46?/m0/s1. The Hall–Kier alpha value is -5.51. The van der Waals surface area contributed by atoms with Gasteiger partial charge in [-0.1, -0.05) is 89.8 Å². The summed E-state index contributed by atoms with van der Waals surface area (Å²) in [6.45, 7) is 13.7. The maximum atomic E-state index is 15.3. The highest BCUT2D eigenvalue weighted by Crippen LogP contribution is 2.46. The molecular weight excluding hydrogens is 791 g/mol. The predicted octanol–water partition coefficient (Wildman–Crippen LogP) is 3.21. The van der Waals surface area contributed by atoms with Gasteiger partial charge in [0.25, 0.3) is 11.8 Å². The maximum Gasteiger partial charge on any atom is 0.290 e. The van der Waals surface area contributed by atoms with Crippen molar-refractivity contribution in [1.29, 1.82) is 0 Å². The summed E-state index contributed by atoms with van der Waals surface area (Å²) in [5, 5.41) is 11.5. The Morgan fingerprint density at radius 3 is 2.32 bits per heavy atom. The molecule has 1 aliphatic carbocycles. The Morgan fingerprint density at radius 2 is 1.68 bits per heavy atom. The Bertz CT molecular complexity index is 1990. The zero-order chi connectivity index (χ0) is 44.8. The molecule has 7 atom stereocenters. The van der Waals surface area contributed by atoms with E-state index in [0.29, 0.717) is 32.2 Å². The third-order valence-electron chi connectivity index (χ3n) is 13.0. The molecule has 6 amide bonds. The van der Waals surface area contributed by atoms with E-state index in [4.69, 9.17) is 0 Å². The molecule has 1 aromatic heterocycles. The molecule has 334 valence electrons. The average Bonchev–Trinajstić information content (AvgIpc) is 3.98. The lowest BCUT2D eigenvalue weighted by molar-refractivity contribution is -0.145. The van der Waals surface area contributed by atoms with Crippen LogP contribution in [0, 0.1) is 11.3 Å². The van der Waals surface area contributed by atoms with Gasteiger partial charge in [-0.05, 0) is 55.9 Å². The number of rotatable bonds is 16. The molecule has 62 heavy (non-hydrogen) atoms. The molecule has 1 aromatic carbocycles. The van der Waals surface area contributed by atoms with Gasteiger partial charge in [0.2, 0.25) is 29.4 Å². The monoisotopic (exact) mass is 853 g/mol. The van der Waals surface area contributed by atoms with Crippen molar-refractivity contribution in [3.8, 4) is 0 Å². The van der Waals surface area contributed by atoms with Crippen molar-refractivity contribution in [3.63, 3.8) is 0 Å². The summed E-state index contributed by atoms with van der Waals surface area (Å²) in [5.74, 6) is -4.24. The normalized spacial score (nSPS) is 23.5. The van der Waals surface area contributed by atoms with Gasteiger partial charge in [-0.25, -0.2) is 4.98 Å². The number of fused-ring (bicyclic) bond motifs is 2. The first-order chi connectivity index (χ1) is 29.6. The second-order valence-electron chi connectivity index (χ2n) is 18.3. The minimum absolute atomic E-state index is 0.0363. The summed E-state index contributed by atoms with van der Waals surface area (Å²) in [5.41, 5.74) is -1.10. The molecule has 6 rings (SSSR count). The van der Waals surface area contributed by atoms with E-state index in [9.17, 15) is 28.8 Å². The Labute approximate surface area is 364 Å². The molecule has 16 nitrogen and oxygen atoms in total. The molecule has 4 heterocycles. The van der Waals surface area contributed by atoms with Gasteiger partial charge in [0, 0.05) is 31.9 Å². The summed E-state index contributed by atoms with van der Waals surface area (Å²) in [4.78, 5) is 113. The van der Waals surface area contributed by atoms with Gasteiger partial charge in [0.05, 0.1) is 30.9 Å². The molecule has 4 aliphatic rings. The number of amides is 6. The van der Waals surface area contributed by atoms with E-state index in [2.05, 4.69) is 42.7 Å². The van der Waals surface area contributed by atoms with E-state index in [-0.39, 0.29) is 43.5 Å². The van der Waals surface area contributed by atoms with Crippen LogP contribution in [0.1, 0.15) is 121 Å². The average molecular weight is 854 g/mol. The highest BCUT2D eigenvalue weighted by molar-refractivity contribution is 6.38.